The lowest BCUT2D eigenvalue weighted by atomic mass is 10.0. The summed E-state index contributed by atoms with van der Waals surface area (Å²) in [4.78, 5) is 12.0. The van der Waals surface area contributed by atoms with Crippen LogP contribution in [0.5, 0.6) is 0 Å². The minimum Gasteiger partial charge on any atom is -0.396 e. The minimum absolute atomic E-state index is 0.0664. The molecule has 1 unspecified atom stereocenters. The molecular weight excluding hydrogens is 306 g/mol. The third kappa shape index (κ3) is 3.00. The topological polar surface area (TPSA) is 75.3 Å². The van der Waals surface area contributed by atoms with Crippen LogP contribution in [0.4, 0.5) is 10.1 Å². The molecule has 1 atom stereocenters. The highest BCUT2D eigenvalue weighted by atomic mass is 35.5. The molecule has 4 nitrogen and oxygen atoms in total. The molecule has 0 saturated heterocycles. The van der Waals surface area contributed by atoms with Gasteiger partial charge in [-0.3, -0.25) is 4.79 Å². The Morgan fingerprint density at radius 1 is 1.55 bits per heavy atom. The Morgan fingerprint density at radius 2 is 2.15 bits per heavy atom. The van der Waals surface area contributed by atoms with Gasteiger partial charge in [0.1, 0.15) is 10.8 Å². The normalized spacial score (nSPS) is 17.6. The number of anilines is 1. The van der Waals surface area contributed by atoms with Gasteiger partial charge in [-0.15, -0.1) is 0 Å². The number of hydrogen-bond donors (Lipinski definition) is 3. The van der Waals surface area contributed by atoms with Crippen LogP contribution >= 0.6 is 23.2 Å². The van der Waals surface area contributed by atoms with Gasteiger partial charge in [0.25, 0.3) is 5.91 Å². The summed E-state index contributed by atoms with van der Waals surface area (Å²) in [5.41, 5.74) is 4.28. The molecule has 20 heavy (non-hydrogen) atoms. The maximum Gasteiger partial charge on any atom is 0.253 e. The van der Waals surface area contributed by atoms with Crippen LogP contribution in [0.15, 0.2) is 6.07 Å². The van der Waals surface area contributed by atoms with Crippen molar-refractivity contribution >= 4 is 34.8 Å². The zero-order chi connectivity index (χ0) is 15.1. The Kier molecular flexibility index (Phi) is 4.14. The fraction of sp³-hybridized carbons (Fsp3) is 0.462. The molecule has 110 valence electrons. The number of carbonyl (C=O) groups excluding carboxylic acids is 1. The summed E-state index contributed by atoms with van der Waals surface area (Å²) in [5.74, 6) is -1.23. The molecule has 0 bridgehead atoms. The summed E-state index contributed by atoms with van der Waals surface area (Å²) >= 11 is 11.5. The fourth-order valence-corrected chi connectivity index (χ4v) is 2.43. The molecule has 4 N–H and O–H groups in total. The molecule has 0 heterocycles. The lowest BCUT2D eigenvalue weighted by molar-refractivity contribution is 0.0354. The van der Waals surface area contributed by atoms with Gasteiger partial charge in [-0.05, 0) is 31.7 Å². The molecule has 0 radical (unpaired) electrons. The van der Waals surface area contributed by atoms with Crippen molar-refractivity contribution in [3.05, 3.63) is 27.5 Å². The molecule has 1 saturated carbocycles. The molecule has 2 rings (SSSR count). The largest absolute Gasteiger partial charge is 0.396 e. The standard InChI is InChI=1S/C13H15Cl2FN2O2/c1-13(20,6-2-3-6)5-18-12(19)7-4-8(16)10(15)11(17)9(7)14/h4,6,20H,2-3,5,17H2,1H3,(H,18,19). The van der Waals surface area contributed by atoms with Crippen molar-refractivity contribution in [1.29, 1.82) is 0 Å². The van der Waals surface area contributed by atoms with Gasteiger partial charge in [0.05, 0.1) is 21.9 Å². The highest BCUT2D eigenvalue weighted by molar-refractivity contribution is 6.40. The molecule has 1 aromatic carbocycles. The number of carbonyl (C=O) groups is 1. The maximum absolute atomic E-state index is 13.5. The van der Waals surface area contributed by atoms with E-state index >= 15 is 0 Å². The number of nitrogen functional groups attached to an aromatic ring is 1. The molecule has 1 aliphatic carbocycles. The molecule has 0 aliphatic heterocycles. The summed E-state index contributed by atoms with van der Waals surface area (Å²) in [6.45, 7) is 1.72. The molecule has 7 heteroatoms. The predicted molar refractivity (Wildman–Crippen MR) is 76.5 cm³/mol. The second kappa shape index (κ2) is 5.39. The molecule has 1 aromatic rings. The first-order valence-electron chi connectivity index (χ1n) is 6.17. The van der Waals surface area contributed by atoms with E-state index < -0.39 is 17.3 Å². The van der Waals surface area contributed by atoms with Crippen LogP contribution in [-0.4, -0.2) is 23.2 Å². The first-order chi connectivity index (χ1) is 9.24. The highest BCUT2D eigenvalue weighted by Gasteiger charge is 2.40. The monoisotopic (exact) mass is 320 g/mol. The van der Waals surface area contributed by atoms with Crippen molar-refractivity contribution in [2.45, 2.75) is 25.4 Å². The van der Waals surface area contributed by atoms with Crippen LogP contribution < -0.4 is 11.1 Å². The Hall–Kier alpha value is -1.04. The predicted octanol–water partition coefficient (Wildman–Crippen LogP) is 2.61. The van der Waals surface area contributed by atoms with Gasteiger partial charge in [0.15, 0.2) is 0 Å². The summed E-state index contributed by atoms with van der Waals surface area (Å²) in [7, 11) is 0. The zero-order valence-corrected chi connectivity index (χ0v) is 12.4. The summed E-state index contributed by atoms with van der Waals surface area (Å²) in [6, 6.07) is 0.933. The first-order valence-corrected chi connectivity index (χ1v) is 6.93. The van der Waals surface area contributed by atoms with Crippen molar-refractivity contribution in [2.24, 2.45) is 5.92 Å². The van der Waals surface area contributed by atoms with Crippen LogP contribution in [0.3, 0.4) is 0 Å². The quantitative estimate of drug-likeness (QED) is 0.589. The number of nitrogens with two attached hydrogens (primary N) is 1. The SMILES string of the molecule is CC(O)(CNC(=O)c1cc(F)c(Cl)c(N)c1Cl)C1CC1. The Morgan fingerprint density at radius 3 is 2.70 bits per heavy atom. The maximum atomic E-state index is 13.5. The Bertz CT molecular complexity index is 560. The number of rotatable bonds is 4. The van der Waals surface area contributed by atoms with Crippen LogP contribution in [-0.2, 0) is 0 Å². The molecule has 1 aliphatic rings. The van der Waals surface area contributed by atoms with E-state index in [1.54, 1.807) is 6.92 Å². The lowest BCUT2D eigenvalue weighted by Crippen LogP contribution is -2.42. The van der Waals surface area contributed by atoms with E-state index in [9.17, 15) is 14.3 Å². The van der Waals surface area contributed by atoms with Gasteiger partial charge in [0, 0.05) is 6.54 Å². The van der Waals surface area contributed by atoms with Crippen molar-refractivity contribution in [3.63, 3.8) is 0 Å². The number of benzene rings is 1. The molecule has 1 amide bonds. The van der Waals surface area contributed by atoms with Crippen molar-refractivity contribution < 1.29 is 14.3 Å². The van der Waals surface area contributed by atoms with Crippen LogP contribution in [0.25, 0.3) is 0 Å². The van der Waals surface area contributed by atoms with E-state index in [1.807, 2.05) is 0 Å². The highest BCUT2D eigenvalue weighted by Crippen LogP contribution is 2.39. The van der Waals surface area contributed by atoms with Gasteiger partial charge >= 0.3 is 0 Å². The van der Waals surface area contributed by atoms with Gasteiger partial charge < -0.3 is 16.2 Å². The number of aliphatic hydroxyl groups is 1. The van der Waals surface area contributed by atoms with Crippen molar-refractivity contribution in [1.82, 2.24) is 5.32 Å². The number of halogens is 3. The summed E-state index contributed by atoms with van der Waals surface area (Å²) in [5, 5.41) is 12.2. The second-order valence-electron chi connectivity index (χ2n) is 5.26. The fourth-order valence-electron chi connectivity index (χ4n) is 1.99. The third-order valence-electron chi connectivity index (χ3n) is 3.50. The van der Waals surface area contributed by atoms with E-state index in [0.717, 1.165) is 18.9 Å². The van der Waals surface area contributed by atoms with Gasteiger partial charge in [-0.1, -0.05) is 23.2 Å². The van der Waals surface area contributed by atoms with Gasteiger partial charge in [0.2, 0.25) is 0 Å². The zero-order valence-electron chi connectivity index (χ0n) is 10.8. The van der Waals surface area contributed by atoms with Gasteiger partial charge in [-0.25, -0.2) is 4.39 Å². The van der Waals surface area contributed by atoms with Crippen molar-refractivity contribution in [2.75, 3.05) is 12.3 Å². The second-order valence-corrected chi connectivity index (χ2v) is 6.02. The van der Waals surface area contributed by atoms with E-state index in [1.165, 1.54) is 0 Å². The van der Waals surface area contributed by atoms with Gasteiger partial charge in [-0.2, -0.15) is 0 Å². The number of hydrogen-bond acceptors (Lipinski definition) is 3. The summed E-state index contributed by atoms with van der Waals surface area (Å²) in [6.07, 6.45) is 1.87. The van der Waals surface area contributed by atoms with E-state index in [-0.39, 0.29) is 33.8 Å². The van der Waals surface area contributed by atoms with Crippen LogP contribution in [0.2, 0.25) is 10.0 Å². The molecular formula is C13H15Cl2FN2O2. The van der Waals surface area contributed by atoms with E-state index in [4.69, 9.17) is 28.9 Å². The molecule has 1 fully saturated rings. The average molecular weight is 321 g/mol. The smallest absolute Gasteiger partial charge is 0.253 e. The van der Waals surface area contributed by atoms with E-state index in [2.05, 4.69) is 5.32 Å². The van der Waals surface area contributed by atoms with Crippen molar-refractivity contribution in [3.8, 4) is 0 Å². The average Bonchev–Trinajstić information content (AvgIpc) is 3.22. The van der Waals surface area contributed by atoms with E-state index in [0.29, 0.717) is 0 Å². The van der Waals surface area contributed by atoms with Crippen LogP contribution in [0.1, 0.15) is 30.1 Å². The van der Waals surface area contributed by atoms with Crippen LogP contribution in [0, 0.1) is 11.7 Å². The Labute approximate surface area is 126 Å². The Balaban J connectivity index is 2.13. The summed E-state index contributed by atoms with van der Waals surface area (Å²) < 4.78 is 13.5. The first kappa shape index (κ1) is 15.4. The number of amides is 1. The minimum atomic E-state index is -0.974. The number of nitrogens with one attached hydrogen (secondary N) is 1. The third-order valence-corrected chi connectivity index (χ3v) is 4.29. The lowest BCUT2D eigenvalue weighted by Gasteiger charge is -2.23. The molecule has 0 aromatic heterocycles. The molecule has 0 spiro atoms.